The molecule has 1 atom stereocenters. The van der Waals surface area contributed by atoms with Gasteiger partial charge in [0.25, 0.3) is 0 Å². The van der Waals surface area contributed by atoms with Crippen molar-refractivity contribution in [2.24, 2.45) is 7.05 Å². The Bertz CT molecular complexity index is 661. The van der Waals surface area contributed by atoms with Gasteiger partial charge in [0.1, 0.15) is 0 Å². The van der Waals surface area contributed by atoms with Gasteiger partial charge < -0.3 is 9.88 Å². The molecule has 1 fully saturated rings. The summed E-state index contributed by atoms with van der Waals surface area (Å²) in [7, 11) is 2.00. The number of nitrogens with one attached hydrogen (secondary N) is 1. The highest BCUT2D eigenvalue weighted by Crippen LogP contribution is 2.26. The Labute approximate surface area is 135 Å². The molecule has 1 aromatic carbocycles. The highest BCUT2D eigenvalue weighted by molar-refractivity contribution is 8.00. The van der Waals surface area contributed by atoms with Crippen LogP contribution in [-0.4, -0.2) is 26.8 Å². The molecule has 0 spiro atoms. The zero-order valence-corrected chi connectivity index (χ0v) is 14.0. The van der Waals surface area contributed by atoms with Crippen LogP contribution in [0.15, 0.2) is 29.4 Å². The molecule has 118 valence electrons. The van der Waals surface area contributed by atoms with Gasteiger partial charge in [-0.2, -0.15) is 0 Å². The number of fused-ring (bicyclic) bond motifs is 1. The topological polar surface area (TPSA) is 46.9 Å². The van der Waals surface area contributed by atoms with Crippen molar-refractivity contribution in [3.63, 3.8) is 0 Å². The van der Waals surface area contributed by atoms with Gasteiger partial charge in [-0.05, 0) is 31.9 Å². The lowest BCUT2D eigenvalue weighted by Gasteiger charge is -2.24. The third kappa shape index (κ3) is 3.29. The Hall–Kier alpha value is -1.49. The summed E-state index contributed by atoms with van der Waals surface area (Å²) < 4.78 is 2.06. The Morgan fingerprint density at radius 3 is 2.77 bits per heavy atom. The summed E-state index contributed by atoms with van der Waals surface area (Å²) in [5.74, 6) is 0.129. The van der Waals surface area contributed by atoms with Crippen molar-refractivity contribution in [1.82, 2.24) is 14.9 Å². The van der Waals surface area contributed by atoms with E-state index >= 15 is 0 Å². The predicted molar refractivity (Wildman–Crippen MR) is 91.0 cm³/mol. The number of imidazole rings is 1. The number of carbonyl (C=O) groups is 1. The van der Waals surface area contributed by atoms with Gasteiger partial charge in [0.05, 0.1) is 16.3 Å². The number of hydrogen-bond donors (Lipinski definition) is 1. The van der Waals surface area contributed by atoms with E-state index in [4.69, 9.17) is 0 Å². The molecule has 22 heavy (non-hydrogen) atoms. The maximum absolute atomic E-state index is 12.4. The Balaban J connectivity index is 1.65. The van der Waals surface area contributed by atoms with E-state index in [1.54, 1.807) is 0 Å². The fraction of sp³-hybridized carbons (Fsp3) is 0.529. The molecule has 4 nitrogen and oxygen atoms in total. The van der Waals surface area contributed by atoms with Gasteiger partial charge in [0.2, 0.25) is 5.91 Å². The third-order valence-corrected chi connectivity index (χ3v) is 5.49. The molecule has 1 aliphatic rings. The first-order valence-electron chi connectivity index (χ1n) is 8.03. The number of aryl methyl sites for hydroxylation is 1. The smallest absolute Gasteiger partial charge is 0.233 e. The maximum atomic E-state index is 12.4. The lowest BCUT2D eigenvalue weighted by Crippen LogP contribution is -2.40. The first-order chi connectivity index (χ1) is 10.6. The number of benzene rings is 1. The number of aromatic nitrogens is 2. The van der Waals surface area contributed by atoms with Crippen molar-refractivity contribution in [2.45, 2.75) is 55.5 Å². The highest BCUT2D eigenvalue weighted by atomic mass is 32.2. The molecule has 0 bridgehead atoms. The van der Waals surface area contributed by atoms with Gasteiger partial charge in [-0.15, -0.1) is 0 Å². The molecule has 1 aliphatic carbocycles. The van der Waals surface area contributed by atoms with Crippen LogP contribution in [0.2, 0.25) is 0 Å². The van der Waals surface area contributed by atoms with Gasteiger partial charge in [-0.25, -0.2) is 4.98 Å². The van der Waals surface area contributed by atoms with Gasteiger partial charge in [-0.1, -0.05) is 43.2 Å². The Morgan fingerprint density at radius 1 is 1.32 bits per heavy atom. The first kappa shape index (κ1) is 15.4. The number of carbonyl (C=O) groups excluding carboxylic acids is 1. The number of hydrogen-bond acceptors (Lipinski definition) is 3. The Morgan fingerprint density at radius 2 is 2.05 bits per heavy atom. The fourth-order valence-corrected chi connectivity index (χ4v) is 3.90. The quantitative estimate of drug-likeness (QED) is 0.878. The van der Waals surface area contributed by atoms with Crippen LogP contribution in [0, 0.1) is 0 Å². The summed E-state index contributed by atoms with van der Waals surface area (Å²) in [6.45, 7) is 1.96. The van der Waals surface area contributed by atoms with E-state index in [1.165, 1.54) is 31.0 Å². The summed E-state index contributed by atoms with van der Waals surface area (Å²) in [6.07, 6.45) is 6.01. The van der Waals surface area contributed by atoms with E-state index in [0.717, 1.165) is 29.0 Å². The molecule has 0 aliphatic heterocycles. The lowest BCUT2D eigenvalue weighted by molar-refractivity contribution is -0.121. The van der Waals surface area contributed by atoms with Crippen molar-refractivity contribution >= 4 is 28.7 Å². The van der Waals surface area contributed by atoms with Gasteiger partial charge in [0.15, 0.2) is 5.16 Å². The zero-order valence-electron chi connectivity index (χ0n) is 13.2. The molecule has 0 radical (unpaired) electrons. The van der Waals surface area contributed by atoms with Gasteiger partial charge >= 0.3 is 0 Å². The SMILES string of the molecule is CC(Sc1nc2ccccc2n1C)C(=O)NC1CCCCC1. The average molecular weight is 317 g/mol. The van der Waals surface area contributed by atoms with Crippen LogP contribution in [0.1, 0.15) is 39.0 Å². The maximum Gasteiger partial charge on any atom is 0.233 e. The summed E-state index contributed by atoms with van der Waals surface area (Å²) >= 11 is 1.53. The van der Waals surface area contributed by atoms with E-state index in [-0.39, 0.29) is 11.2 Å². The van der Waals surface area contributed by atoms with E-state index in [9.17, 15) is 4.79 Å². The molecule has 1 heterocycles. The second-order valence-electron chi connectivity index (χ2n) is 6.05. The molecule has 1 N–H and O–H groups in total. The predicted octanol–water partition coefficient (Wildman–Crippen LogP) is 3.50. The van der Waals surface area contributed by atoms with Crippen molar-refractivity contribution in [2.75, 3.05) is 0 Å². The second kappa shape index (κ2) is 6.73. The van der Waals surface area contributed by atoms with Crippen molar-refractivity contribution in [3.05, 3.63) is 24.3 Å². The number of amides is 1. The molecule has 1 unspecified atom stereocenters. The lowest BCUT2D eigenvalue weighted by atomic mass is 9.95. The molecular formula is C17H23N3OS. The zero-order chi connectivity index (χ0) is 15.5. The minimum absolute atomic E-state index is 0.127. The van der Waals surface area contributed by atoms with E-state index in [0.29, 0.717) is 6.04 Å². The molecule has 5 heteroatoms. The molecule has 2 aromatic rings. The molecule has 0 saturated heterocycles. The molecular weight excluding hydrogens is 294 g/mol. The number of para-hydroxylation sites is 2. The molecule has 3 rings (SSSR count). The van der Waals surface area contributed by atoms with E-state index < -0.39 is 0 Å². The minimum Gasteiger partial charge on any atom is -0.352 e. The van der Waals surface area contributed by atoms with Crippen LogP contribution in [0.25, 0.3) is 11.0 Å². The highest BCUT2D eigenvalue weighted by Gasteiger charge is 2.22. The number of nitrogens with zero attached hydrogens (tertiary/aromatic N) is 2. The van der Waals surface area contributed by atoms with Crippen LogP contribution in [-0.2, 0) is 11.8 Å². The van der Waals surface area contributed by atoms with Crippen LogP contribution in [0.4, 0.5) is 0 Å². The summed E-state index contributed by atoms with van der Waals surface area (Å²) in [5.41, 5.74) is 2.08. The van der Waals surface area contributed by atoms with Crippen LogP contribution >= 0.6 is 11.8 Å². The van der Waals surface area contributed by atoms with Crippen molar-refractivity contribution in [3.8, 4) is 0 Å². The fourth-order valence-electron chi connectivity index (χ4n) is 3.01. The van der Waals surface area contributed by atoms with E-state index in [1.807, 2.05) is 32.2 Å². The second-order valence-corrected chi connectivity index (χ2v) is 7.35. The molecule has 1 saturated carbocycles. The number of thioether (sulfide) groups is 1. The van der Waals surface area contributed by atoms with E-state index in [2.05, 4.69) is 20.9 Å². The Kier molecular flexibility index (Phi) is 4.71. The van der Waals surface area contributed by atoms with Gasteiger partial charge in [-0.3, -0.25) is 4.79 Å². The largest absolute Gasteiger partial charge is 0.352 e. The van der Waals surface area contributed by atoms with Crippen LogP contribution < -0.4 is 5.32 Å². The molecule has 1 aromatic heterocycles. The normalized spacial score (nSPS) is 17.5. The standard InChI is InChI=1S/C17H23N3OS/c1-12(16(21)18-13-8-4-3-5-9-13)22-17-19-14-10-6-7-11-15(14)20(17)2/h6-7,10-13H,3-5,8-9H2,1-2H3,(H,18,21). The molecule has 1 amide bonds. The summed E-state index contributed by atoms with van der Waals surface area (Å²) in [6, 6.07) is 8.43. The van der Waals surface area contributed by atoms with Crippen LogP contribution in [0.5, 0.6) is 0 Å². The van der Waals surface area contributed by atoms with Crippen molar-refractivity contribution < 1.29 is 4.79 Å². The first-order valence-corrected chi connectivity index (χ1v) is 8.91. The summed E-state index contributed by atoms with van der Waals surface area (Å²) in [5, 5.41) is 3.96. The van der Waals surface area contributed by atoms with Crippen LogP contribution in [0.3, 0.4) is 0 Å². The van der Waals surface area contributed by atoms with Crippen molar-refractivity contribution in [1.29, 1.82) is 0 Å². The monoisotopic (exact) mass is 317 g/mol. The third-order valence-electron chi connectivity index (χ3n) is 4.35. The summed E-state index contributed by atoms with van der Waals surface area (Å²) in [4.78, 5) is 17.0. The number of rotatable bonds is 4. The average Bonchev–Trinajstić information content (AvgIpc) is 2.85. The minimum atomic E-state index is -0.127. The van der Waals surface area contributed by atoms with Gasteiger partial charge in [0, 0.05) is 13.1 Å².